The van der Waals surface area contributed by atoms with E-state index < -0.39 is 8.56 Å². The van der Waals surface area contributed by atoms with Crippen molar-refractivity contribution < 1.29 is 29.3 Å². The molecule has 0 radical (unpaired) electrons. The van der Waals surface area contributed by atoms with E-state index in [0.717, 1.165) is 6.42 Å². The Morgan fingerprint density at radius 3 is 1.41 bits per heavy atom. The van der Waals surface area contributed by atoms with Crippen LogP contribution in [0.1, 0.15) is 36.8 Å². The third-order valence-corrected chi connectivity index (χ3v) is 9.85. The van der Waals surface area contributed by atoms with E-state index in [9.17, 15) is 20.4 Å². The molecule has 0 unspecified atom stereocenters. The molecule has 0 aliphatic carbocycles. The smallest absolute Gasteiger partial charge is 0.414 e. The van der Waals surface area contributed by atoms with Gasteiger partial charge >= 0.3 is 8.56 Å². The number of phenolic OH excluding ortho intramolecular Hbond substituents is 4. The topological polar surface area (TPSA) is 99.4 Å². The first-order valence-electron chi connectivity index (χ1n) is 12.4. The molecule has 0 heterocycles. The lowest BCUT2D eigenvalue weighted by atomic mass is 9.87. The summed E-state index contributed by atoms with van der Waals surface area (Å²) in [4.78, 5) is 0. The van der Waals surface area contributed by atoms with E-state index in [2.05, 4.69) is 0 Å². The highest BCUT2D eigenvalue weighted by Crippen LogP contribution is 2.38. The van der Waals surface area contributed by atoms with Crippen LogP contribution < -0.4 is 10.4 Å². The van der Waals surface area contributed by atoms with Gasteiger partial charge in [-0.1, -0.05) is 79.7 Å². The summed E-state index contributed by atoms with van der Waals surface area (Å²) in [7, 11) is -3.58. The van der Waals surface area contributed by atoms with Crippen molar-refractivity contribution in [1.82, 2.24) is 0 Å². The zero-order valence-electron chi connectivity index (χ0n) is 20.7. The Morgan fingerprint density at radius 2 is 0.973 bits per heavy atom. The molecule has 4 rings (SSSR count). The maximum absolute atomic E-state index is 10.9. The largest absolute Gasteiger partial charge is 0.508 e. The van der Waals surface area contributed by atoms with Crippen LogP contribution in [0.25, 0.3) is 0 Å². The van der Waals surface area contributed by atoms with E-state index in [-0.39, 0.29) is 35.5 Å². The summed E-state index contributed by atoms with van der Waals surface area (Å²) in [5.74, 6) is -0.0437. The maximum atomic E-state index is 10.9. The molecular weight excluding hydrogens is 484 g/mol. The quantitative estimate of drug-likeness (QED) is 0.215. The van der Waals surface area contributed by atoms with Gasteiger partial charge < -0.3 is 29.3 Å². The molecule has 0 aliphatic rings. The first-order chi connectivity index (χ1) is 18.0. The first-order valence-corrected chi connectivity index (χ1v) is 14.2. The average Bonchev–Trinajstić information content (AvgIpc) is 2.91. The van der Waals surface area contributed by atoms with Gasteiger partial charge in [0.15, 0.2) is 0 Å². The molecule has 192 valence electrons. The zero-order chi connectivity index (χ0) is 26.3. The number of benzene rings is 4. The number of aromatic hydroxyl groups is 4. The molecule has 0 saturated carbocycles. The standard InChI is InChI=1S/C30H32O6Si/c1-2-20-35-37(29-17-9-7-15-27(29)33,30-18-10-8-16-28(30)34)36-21-19-22(23-11-3-5-13-25(23)31)24-12-4-6-14-26(24)32/h3-18,22,31-34H,2,19-21H2,1H3. The van der Waals surface area contributed by atoms with E-state index in [0.29, 0.717) is 34.5 Å². The molecule has 37 heavy (non-hydrogen) atoms. The fourth-order valence-corrected chi connectivity index (χ4v) is 7.98. The molecule has 0 aromatic heterocycles. The average molecular weight is 517 g/mol. The predicted molar refractivity (Wildman–Crippen MR) is 146 cm³/mol. The van der Waals surface area contributed by atoms with Gasteiger partial charge in [-0.05, 0) is 37.1 Å². The van der Waals surface area contributed by atoms with Gasteiger partial charge in [0.1, 0.15) is 23.0 Å². The highest BCUT2D eigenvalue weighted by atomic mass is 28.4. The van der Waals surface area contributed by atoms with E-state index in [1.165, 1.54) is 0 Å². The molecule has 0 saturated heterocycles. The van der Waals surface area contributed by atoms with E-state index in [1.807, 2.05) is 43.3 Å². The van der Waals surface area contributed by atoms with Crippen LogP contribution >= 0.6 is 0 Å². The van der Waals surface area contributed by atoms with Gasteiger partial charge in [0.2, 0.25) is 0 Å². The van der Waals surface area contributed by atoms with Crippen molar-refractivity contribution in [1.29, 1.82) is 0 Å². The summed E-state index contributed by atoms with van der Waals surface area (Å²) in [5, 5.41) is 44.0. The summed E-state index contributed by atoms with van der Waals surface area (Å²) < 4.78 is 13.1. The minimum atomic E-state index is -3.58. The van der Waals surface area contributed by atoms with Crippen molar-refractivity contribution in [2.24, 2.45) is 0 Å². The molecule has 0 atom stereocenters. The molecule has 0 fully saturated rings. The Kier molecular flexibility index (Phi) is 8.50. The fourth-order valence-electron chi connectivity index (χ4n) is 4.61. The lowest BCUT2D eigenvalue weighted by Crippen LogP contribution is -2.63. The van der Waals surface area contributed by atoms with E-state index in [1.54, 1.807) is 60.7 Å². The van der Waals surface area contributed by atoms with Crippen LogP contribution in [-0.2, 0) is 8.85 Å². The summed E-state index contributed by atoms with van der Waals surface area (Å²) >= 11 is 0. The predicted octanol–water partition coefficient (Wildman–Crippen LogP) is 4.73. The van der Waals surface area contributed by atoms with Crippen LogP contribution in [0.3, 0.4) is 0 Å². The number of phenols is 4. The van der Waals surface area contributed by atoms with Gasteiger partial charge in [-0.3, -0.25) is 0 Å². The van der Waals surface area contributed by atoms with Gasteiger partial charge in [0.05, 0.1) is 0 Å². The molecular formula is C30H32O6Si. The van der Waals surface area contributed by atoms with Crippen molar-refractivity contribution in [2.45, 2.75) is 25.7 Å². The second kappa shape index (κ2) is 12.0. The second-order valence-corrected chi connectivity index (χ2v) is 11.7. The highest BCUT2D eigenvalue weighted by molar-refractivity contribution is 6.93. The normalized spacial score (nSPS) is 11.6. The second-order valence-electron chi connectivity index (χ2n) is 8.81. The van der Waals surface area contributed by atoms with Crippen LogP contribution in [0.2, 0.25) is 0 Å². The lowest BCUT2D eigenvalue weighted by molar-refractivity contribution is 0.186. The van der Waals surface area contributed by atoms with Gasteiger partial charge in [-0.15, -0.1) is 0 Å². The SMILES string of the molecule is CCCO[Si](OCCC(c1ccccc1O)c1ccccc1O)(c1ccccc1O)c1ccccc1O. The van der Waals surface area contributed by atoms with Gasteiger partial charge in [0.25, 0.3) is 0 Å². The summed E-state index contributed by atoms with van der Waals surface area (Å²) in [5.41, 5.74) is 1.33. The first kappa shape index (κ1) is 26.3. The van der Waals surface area contributed by atoms with Gasteiger partial charge in [-0.2, -0.15) is 0 Å². The van der Waals surface area contributed by atoms with E-state index in [4.69, 9.17) is 8.85 Å². The molecule has 0 spiro atoms. The third-order valence-electron chi connectivity index (χ3n) is 6.36. The number of para-hydroxylation sites is 4. The number of hydrogen-bond acceptors (Lipinski definition) is 6. The minimum absolute atomic E-state index is 0.0338. The zero-order valence-corrected chi connectivity index (χ0v) is 21.7. The van der Waals surface area contributed by atoms with Crippen molar-refractivity contribution in [2.75, 3.05) is 13.2 Å². The summed E-state index contributed by atoms with van der Waals surface area (Å²) in [6.45, 7) is 2.53. The Labute approximate surface area is 218 Å². The summed E-state index contributed by atoms with van der Waals surface area (Å²) in [6, 6.07) is 27.9. The van der Waals surface area contributed by atoms with Crippen LogP contribution in [0.5, 0.6) is 23.0 Å². The lowest BCUT2D eigenvalue weighted by Gasteiger charge is -2.33. The molecule has 4 aromatic carbocycles. The van der Waals surface area contributed by atoms with Crippen LogP contribution in [0, 0.1) is 0 Å². The molecule has 0 bridgehead atoms. The van der Waals surface area contributed by atoms with Crippen LogP contribution in [0.4, 0.5) is 0 Å². The maximum Gasteiger partial charge on any atom is 0.414 e. The molecule has 0 amide bonds. The van der Waals surface area contributed by atoms with Crippen molar-refractivity contribution in [3.05, 3.63) is 108 Å². The third kappa shape index (κ3) is 5.64. The fraction of sp³-hybridized carbons (Fsp3) is 0.200. The minimum Gasteiger partial charge on any atom is -0.508 e. The molecule has 7 heteroatoms. The Balaban J connectivity index is 1.76. The Hall–Kier alpha value is -3.78. The Morgan fingerprint density at radius 1 is 0.568 bits per heavy atom. The summed E-state index contributed by atoms with van der Waals surface area (Å²) in [6.07, 6.45) is 1.12. The van der Waals surface area contributed by atoms with Crippen molar-refractivity contribution in [3.63, 3.8) is 0 Å². The van der Waals surface area contributed by atoms with Crippen molar-refractivity contribution in [3.8, 4) is 23.0 Å². The van der Waals surface area contributed by atoms with Gasteiger partial charge in [-0.25, -0.2) is 0 Å². The Bertz CT molecular complexity index is 1230. The number of hydrogen-bond donors (Lipinski definition) is 4. The van der Waals surface area contributed by atoms with E-state index >= 15 is 0 Å². The monoisotopic (exact) mass is 516 g/mol. The van der Waals surface area contributed by atoms with Crippen molar-refractivity contribution >= 4 is 18.9 Å². The highest BCUT2D eigenvalue weighted by Gasteiger charge is 2.46. The van der Waals surface area contributed by atoms with Crippen LogP contribution in [-0.4, -0.2) is 42.2 Å². The molecule has 4 aromatic rings. The number of rotatable bonds is 11. The van der Waals surface area contributed by atoms with Crippen LogP contribution in [0.15, 0.2) is 97.1 Å². The molecule has 6 nitrogen and oxygen atoms in total. The molecule has 4 N–H and O–H groups in total. The molecule has 0 aliphatic heterocycles. The van der Waals surface area contributed by atoms with Gasteiger partial charge in [0, 0.05) is 40.6 Å².